The molecule has 0 fully saturated rings. The number of hydrogen-bond donors (Lipinski definition) is 2. The van der Waals surface area contributed by atoms with Crippen LogP contribution in [0.4, 0.5) is 11.4 Å². The third-order valence-corrected chi connectivity index (χ3v) is 3.33. The van der Waals surface area contributed by atoms with Crippen molar-refractivity contribution in [2.75, 3.05) is 29.9 Å². The molecule has 2 rings (SSSR count). The minimum Gasteiger partial charge on any atom is -0.481 e. The summed E-state index contributed by atoms with van der Waals surface area (Å²) in [6, 6.07) is 6.41. The first-order chi connectivity index (χ1) is 8.70. The lowest BCUT2D eigenvalue weighted by Crippen LogP contribution is -2.26. The molecular formula is C14H20N2O2. The van der Waals surface area contributed by atoms with Crippen molar-refractivity contribution in [3.63, 3.8) is 0 Å². The fourth-order valence-corrected chi connectivity index (χ4v) is 2.28. The quantitative estimate of drug-likeness (QED) is 0.858. The first-order valence-electron chi connectivity index (χ1n) is 6.54. The van der Waals surface area contributed by atoms with Crippen molar-refractivity contribution >= 4 is 17.3 Å². The molecule has 0 saturated carbocycles. The van der Waals surface area contributed by atoms with Gasteiger partial charge in [-0.05, 0) is 30.5 Å². The van der Waals surface area contributed by atoms with E-state index in [1.807, 2.05) is 0 Å². The molecule has 0 saturated heterocycles. The third-order valence-electron chi connectivity index (χ3n) is 3.33. The summed E-state index contributed by atoms with van der Waals surface area (Å²) in [4.78, 5) is 12.9. The Hall–Kier alpha value is -1.71. The molecular weight excluding hydrogens is 228 g/mol. The highest BCUT2D eigenvalue weighted by Crippen LogP contribution is 2.29. The molecule has 18 heavy (non-hydrogen) atoms. The van der Waals surface area contributed by atoms with Crippen LogP contribution in [0.5, 0.6) is 0 Å². The van der Waals surface area contributed by atoms with E-state index in [1.165, 1.54) is 5.56 Å². The Morgan fingerprint density at radius 3 is 3.06 bits per heavy atom. The van der Waals surface area contributed by atoms with E-state index in [-0.39, 0.29) is 6.42 Å². The van der Waals surface area contributed by atoms with E-state index in [1.54, 1.807) is 0 Å². The van der Waals surface area contributed by atoms with E-state index in [4.69, 9.17) is 5.11 Å². The molecule has 98 valence electrons. The molecule has 4 nitrogen and oxygen atoms in total. The number of nitrogens with zero attached hydrogens (tertiary/aromatic N) is 1. The standard InChI is InChI=1S/C14H20N2O2/c1-2-11-4-5-12-13(10-11)16(8-3-7-15-12)9-6-14(17)18/h4-5,10,15H,2-3,6-9H2,1H3,(H,17,18). The van der Waals surface area contributed by atoms with Crippen molar-refractivity contribution in [1.29, 1.82) is 0 Å². The van der Waals surface area contributed by atoms with E-state index in [0.717, 1.165) is 37.3 Å². The number of benzene rings is 1. The van der Waals surface area contributed by atoms with Gasteiger partial charge in [0.25, 0.3) is 0 Å². The molecule has 0 spiro atoms. The van der Waals surface area contributed by atoms with Crippen LogP contribution in [0.1, 0.15) is 25.3 Å². The highest BCUT2D eigenvalue weighted by atomic mass is 16.4. The highest BCUT2D eigenvalue weighted by molar-refractivity contribution is 5.73. The van der Waals surface area contributed by atoms with Crippen molar-refractivity contribution in [3.8, 4) is 0 Å². The zero-order valence-corrected chi connectivity index (χ0v) is 10.8. The molecule has 1 heterocycles. The number of hydrogen-bond acceptors (Lipinski definition) is 3. The summed E-state index contributed by atoms with van der Waals surface area (Å²) < 4.78 is 0. The first-order valence-corrected chi connectivity index (χ1v) is 6.54. The van der Waals surface area contributed by atoms with Crippen LogP contribution in [-0.2, 0) is 11.2 Å². The van der Waals surface area contributed by atoms with Crippen LogP contribution in [-0.4, -0.2) is 30.7 Å². The minimum atomic E-state index is -0.736. The average molecular weight is 248 g/mol. The van der Waals surface area contributed by atoms with Gasteiger partial charge in [0.1, 0.15) is 0 Å². The second kappa shape index (κ2) is 5.76. The Balaban J connectivity index is 2.23. The number of rotatable bonds is 4. The number of aryl methyl sites for hydroxylation is 1. The summed E-state index contributed by atoms with van der Waals surface area (Å²) in [5.74, 6) is -0.736. The third kappa shape index (κ3) is 2.94. The van der Waals surface area contributed by atoms with Gasteiger partial charge in [-0.15, -0.1) is 0 Å². The van der Waals surface area contributed by atoms with Gasteiger partial charge in [0.05, 0.1) is 17.8 Å². The lowest BCUT2D eigenvalue weighted by atomic mass is 10.1. The number of carboxylic acids is 1. The maximum Gasteiger partial charge on any atom is 0.305 e. The summed E-state index contributed by atoms with van der Waals surface area (Å²) in [7, 11) is 0. The molecule has 2 N–H and O–H groups in total. The van der Waals surface area contributed by atoms with E-state index >= 15 is 0 Å². The molecule has 1 aliphatic heterocycles. The molecule has 1 aromatic carbocycles. The molecule has 1 aromatic rings. The number of fused-ring (bicyclic) bond motifs is 1. The maximum absolute atomic E-state index is 10.7. The van der Waals surface area contributed by atoms with Crippen molar-refractivity contribution in [2.45, 2.75) is 26.2 Å². The van der Waals surface area contributed by atoms with Crippen LogP contribution in [0, 0.1) is 0 Å². The van der Waals surface area contributed by atoms with Gasteiger partial charge in [-0.25, -0.2) is 0 Å². The lowest BCUT2D eigenvalue weighted by Gasteiger charge is -2.24. The Morgan fingerprint density at radius 1 is 1.50 bits per heavy atom. The van der Waals surface area contributed by atoms with Crippen LogP contribution in [0.25, 0.3) is 0 Å². The van der Waals surface area contributed by atoms with Gasteiger partial charge in [-0.1, -0.05) is 13.0 Å². The summed E-state index contributed by atoms with van der Waals surface area (Å²) in [6.45, 7) is 4.58. The number of anilines is 2. The van der Waals surface area contributed by atoms with E-state index < -0.39 is 5.97 Å². The monoisotopic (exact) mass is 248 g/mol. The summed E-state index contributed by atoms with van der Waals surface area (Å²) in [5, 5.41) is 12.2. The Kier molecular flexibility index (Phi) is 4.07. The topological polar surface area (TPSA) is 52.6 Å². The van der Waals surface area contributed by atoms with E-state index in [9.17, 15) is 4.79 Å². The molecule has 1 aliphatic rings. The van der Waals surface area contributed by atoms with Crippen LogP contribution >= 0.6 is 0 Å². The Labute approximate surface area is 108 Å². The van der Waals surface area contributed by atoms with E-state index in [2.05, 4.69) is 35.3 Å². The predicted octanol–water partition coefficient (Wildman–Crippen LogP) is 2.35. The second-order valence-electron chi connectivity index (χ2n) is 4.62. The van der Waals surface area contributed by atoms with Crippen molar-refractivity contribution in [3.05, 3.63) is 23.8 Å². The number of nitrogens with one attached hydrogen (secondary N) is 1. The Bertz CT molecular complexity index is 432. The second-order valence-corrected chi connectivity index (χ2v) is 4.62. The number of aliphatic carboxylic acids is 1. The number of carbonyl (C=O) groups is 1. The fraction of sp³-hybridized carbons (Fsp3) is 0.500. The molecule has 0 bridgehead atoms. The minimum absolute atomic E-state index is 0.190. The fourth-order valence-electron chi connectivity index (χ4n) is 2.28. The summed E-state index contributed by atoms with van der Waals surface area (Å²) in [6.07, 6.45) is 2.23. The Morgan fingerprint density at radius 2 is 2.33 bits per heavy atom. The molecule has 4 heteroatoms. The molecule has 0 radical (unpaired) electrons. The van der Waals surface area contributed by atoms with Gasteiger partial charge in [-0.2, -0.15) is 0 Å². The van der Waals surface area contributed by atoms with Crippen molar-refractivity contribution < 1.29 is 9.90 Å². The van der Waals surface area contributed by atoms with Gasteiger partial charge >= 0.3 is 5.97 Å². The largest absolute Gasteiger partial charge is 0.481 e. The van der Waals surface area contributed by atoms with Gasteiger partial charge < -0.3 is 15.3 Å². The summed E-state index contributed by atoms with van der Waals surface area (Å²) in [5.41, 5.74) is 3.56. The predicted molar refractivity (Wildman–Crippen MR) is 73.4 cm³/mol. The molecule has 0 atom stereocenters. The van der Waals surface area contributed by atoms with Gasteiger partial charge in [0, 0.05) is 19.6 Å². The van der Waals surface area contributed by atoms with E-state index in [0.29, 0.717) is 6.54 Å². The maximum atomic E-state index is 10.7. The zero-order chi connectivity index (χ0) is 13.0. The average Bonchev–Trinajstić information content (AvgIpc) is 2.57. The lowest BCUT2D eigenvalue weighted by molar-refractivity contribution is -0.136. The molecule has 0 aliphatic carbocycles. The SMILES string of the molecule is CCc1ccc2c(c1)N(CCC(=O)O)CCCN2. The van der Waals surface area contributed by atoms with Gasteiger partial charge in [0.15, 0.2) is 0 Å². The molecule has 0 aromatic heterocycles. The highest BCUT2D eigenvalue weighted by Gasteiger charge is 2.16. The van der Waals surface area contributed by atoms with Crippen molar-refractivity contribution in [2.24, 2.45) is 0 Å². The van der Waals surface area contributed by atoms with Crippen LogP contribution in [0.15, 0.2) is 18.2 Å². The van der Waals surface area contributed by atoms with Gasteiger partial charge in [0.2, 0.25) is 0 Å². The van der Waals surface area contributed by atoms with Gasteiger partial charge in [-0.3, -0.25) is 4.79 Å². The zero-order valence-electron chi connectivity index (χ0n) is 10.8. The first kappa shape index (κ1) is 12.7. The normalized spacial score (nSPS) is 14.6. The molecule has 0 amide bonds. The van der Waals surface area contributed by atoms with Crippen LogP contribution < -0.4 is 10.2 Å². The summed E-state index contributed by atoms with van der Waals surface area (Å²) >= 11 is 0. The van der Waals surface area contributed by atoms with Crippen LogP contribution in [0.3, 0.4) is 0 Å². The van der Waals surface area contributed by atoms with Crippen LogP contribution in [0.2, 0.25) is 0 Å². The number of carboxylic acid groups (broad SMARTS) is 1. The smallest absolute Gasteiger partial charge is 0.305 e. The van der Waals surface area contributed by atoms with Crippen molar-refractivity contribution in [1.82, 2.24) is 0 Å². The molecule has 0 unspecified atom stereocenters.